The molecule has 1 aromatic carbocycles. The number of nitrogens with one attached hydrogen (secondary N) is 1. The zero-order valence-corrected chi connectivity index (χ0v) is 16.9. The second-order valence-corrected chi connectivity index (χ2v) is 6.44. The SMILES string of the molecule is COc1ccc([C@H](C)N(C)C(=O)NCCc2nc(C)cc(C)n2)c(OC)c1. The van der Waals surface area contributed by atoms with Crippen molar-refractivity contribution in [3.05, 3.63) is 47.0 Å². The van der Waals surface area contributed by atoms with Gasteiger partial charge in [0.15, 0.2) is 0 Å². The number of rotatable bonds is 7. The number of urea groups is 1. The second-order valence-electron chi connectivity index (χ2n) is 6.44. The number of methoxy groups -OCH3 is 2. The molecule has 7 nitrogen and oxygen atoms in total. The highest BCUT2D eigenvalue weighted by atomic mass is 16.5. The molecule has 1 N–H and O–H groups in total. The second kappa shape index (κ2) is 9.21. The molecule has 0 aliphatic rings. The van der Waals surface area contributed by atoms with Crippen molar-refractivity contribution in [3.63, 3.8) is 0 Å². The van der Waals surface area contributed by atoms with Crippen LogP contribution in [0.2, 0.25) is 0 Å². The molecule has 1 atom stereocenters. The van der Waals surface area contributed by atoms with Crippen molar-refractivity contribution >= 4 is 6.03 Å². The van der Waals surface area contributed by atoms with E-state index in [1.807, 2.05) is 45.0 Å². The Morgan fingerprint density at radius 3 is 2.41 bits per heavy atom. The predicted octanol–water partition coefficient (Wildman–Crippen LogP) is 3.06. The van der Waals surface area contributed by atoms with Gasteiger partial charge in [-0.25, -0.2) is 14.8 Å². The standard InChI is InChI=1S/C20H28N4O3/c1-13-11-14(2)23-19(22-13)9-10-21-20(25)24(4)15(3)17-8-7-16(26-5)12-18(17)27-6/h7-8,11-12,15H,9-10H2,1-6H3,(H,21,25)/t15-/m0/s1. The fourth-order valence-corrected chi connectivity index (χ4v) is 2.86. The zero-order chi connectivity index (χ0) is 20.0. The van der Waals surface area contributed by atoms with Crippen LogP contribution in [-0.2, 0) is 6.42 Å². The van der Waals surface area contributed by atoms with Crippen molar-refractivity contribution in [3.8, 4) is 11.5 Å². The molecule has 1 heterocycles. The van der Waals surface area contributed by atoms with Gasteiger partial charge in [0.1, 0.15) is 17.3 Å². The Kier molecular flexibility index (Phi) is 6.98. The first kappa shape index (κ1) is 20.5. The number of hydrogen-bond acceptors (Lipinski definition) is 5. The first-order chi connectivity index (χ1) is 12.8. The lowest BCUT2D eigenvalue weighted by Gasteiger charge is -2.27. The first-order valence-electron chi connectivity index (χ1n) is 8.89. The lowest BCUT2D eigenvalue weighted by atomic mass is 10.1. The van der Waals surface area contributed by atoms with Gasteiger partial charge in [-0.15, -0.1) is 0 Å². The minimum absolute atomic E-state index is 0.162. The van der Waals surface area contributed by atoms with Gasteiger partial charge in [-0.2, -0.15) is 0 Å². The quantitative estimate of drug-likeness (QED) is 0.808. The Bertz CT molecular complexity index is 775. The summed E-state index contributed by atoms with van der Waals surface area (Å²) in [5.41, 5.74) is 2.77. The Morgan fingerprint density at radius 1 is 1.15 bits per heavy atom. The summed E-state index contributed by atoms with van der Waals surface area (Å²) in [4.78, 5) is 22.9. The molecule has 2 amide bonds. The molecule has 2 rings (SSSR count). The van der Waals surface area contributed by atoms with Gasteiger partial charge in [0, 0.05) is 43.0 Å². The maximum absolute atomic E-state index is 12.5. The van der Waals surface area contributed by atoms with Crippen LogP contribution in [0.5, 0.6) is 11.5 Å². The fraction of sp³-hybridized carbons (Fsp3) is 0.450. The summed E-state index contributed by atoms with van der Waals surface area (Å²) < 4.78 is 10.7. The maximum atomic E-state index is 12.5. The van der Waals surface area contributed by atoms with Gasteiger partial charge < -0.3 is 19.7 Å². The third kappa shape index (κ3) is 5.32. The van der Waals surface area contributed by atoms with Gasteiger partial charge in [0.2, 0.25) is 0 Å². The molecule has 0 radical (unpaired) electrons. The van der Waals surface area contributed by atoms with E-state index in [1.165, 1.54) is 0 Å². The number of benzene rings is 1. The number of aromatic nitrogens is 2. The van der Waals surface area contributed by atoms with Gasteiger partial charge in [0.05, 0.1) is 20.3 Å². The fourth-order valence-electron chi connectivity index (χ4n) is 2.86. The summed E-state index contributed by atoms with van der Waals surface area (Å²) in [5.74, 6) is 2.13. The van der Waals surface area contributed by atoms with Crippen molar-refractivity contribution in [2.45, 2.75) is 33.2 Å². The van der Waals surface area contributed by atoms with Crippen LogP contribution >= 0.6 is 0 Å². The summed E-state index contributed by atoms with van der Waals surface area (Å²) in [7, 11) is 4.97. The van der Waals surface area contributed by atoms with Crippen LogP contribution in [0.1, 0.15) is 35.7 Å². The largest absolute Gasteiger partial charge is 0.497 e. The number of amides is 2. The van der Waals surface area contributed by atoms with E-state index in [1.54, 1.807) is 26.2 Å². The maximum Gasteiger partial charge on any atom is 0.317 e. The van der Waals surface area contributed by atoms with Crippen LogP contribution in [0, 0.1) is 13.8 Å². The van der Waals surface area contributed by atoms with E-state index in [4.69, 9.17) is 9.47 Å². The molecule has 146 valence electrons. The smallest absolute Gasteiger partial charge is 0.317 e. The summed E-state index contributed by atoms with van der Waals surface area (Å²) in [6.07, 6.45) is 0.586. The minimum Gasteiger partial charge on any atom is -0.497 e. The molecule has 0 fully saturated rings. The third-order valence-corrected chi connectivity index (χ3v) is 4.45. The zero-order valence-electron chi connectivity index (χ0n) is 16.9. The van der Waals surface area contributed by atoms with E-state index in [0.29, 0.717) is 24.5 Å². The molecular formula is C20H28N4O3. The van der Waals surface area contributed by atoms with Crippen molar-refractivity contribution in [1.82, 2.24) is 20.2 Å². The van der Waals surface area contributed by atoms with Crippen molar-refractivity contribution in [2.24, 2.45) is 0 Å². The normalized spacial score (nSPS) is 11.6. The van der Waals surface area contributed by atoms with Crippen LogP contribution in [0.25, 0.3) is 0 Å². The van der Waals surface area contributed by atoms with E-state index in [2.05, 4.69) is 15.3 Å². The summed E-state index contributed by atoms with van der Waals surface area (Å²) in [6, 6.07) is 7.19. The van der Waals surface area contributed by atoms with Crippen LogP contribution in [-0.4, -0.2) is 48.7 Å². The van der Waals surface area contributed by atoms with E-state index >= 15 is 0 Å². The Morgan fingerprint density at radius 2 is 1.81 bits per heavy atom. The molecule has 0 saturated carbocycles. The van der Waals surface area contributed by atoms with Gasteiger partial charge in [-0.05, 0) is 39.0 Å². The summed E-state index contributed by atoms with van der Waals surface area (Å²) >= 11 is 0. The highest BCUT2D eigenvalue weighted by Gasteiger charge is 2.20. The van der Waals surface area contributed by atoms with Gasteiger partial charge >= 0.3 is 6.03 Å². The third-order valence-electron chi connectivity index (χ3n) is 4.45. The molecule has 2 aromatic rings. The lowest BCUT2D eigenvalue weighted by Crippen LogP contribution is -2.39. The van der Waals surface area contributed by atoms with Crippen LogP contribution in [0.4, 0.5) is 4.79 Å². The van der Waals surface area contributed by atoms with E-state index < -0.39 is 0 Å². The molecule has 0 aliphatic carbocycles. The van der Waals surface area contributed by atoms with Crippen molar-refractivity contribution < 1.29 is 14.3 Å². The Labute approximate surface area is 160 Å². The first-order valence-corrected chi connectivity index (χ1v) is 8.89. The summed E-state index contributed by atoms with van der Waals surface area (Å²) in [6.45, 7) is 6.30. The monoisotopic (exact) mass is 372 g/mol. The predicted molar refractivity (Wildman–Crippen MR) is 104 cm³/mol. The highest BCUT2D eigenvalue weighted by molar-refractivity contribution is 5.74. The summed E-state index contributed by atoms with van der Waals surface area (Å²) in [5, 5.41) is 2.92. The van der Waals surface area contributed by atoms with E-state index in [9.17, 15) is 4.79 Å². The molecule has 0 bridgehead atoms. The molecule has 0 aliphatic heterocycles. The number of carbonyl (C=O) groups is 1. The Balaban J connectivity index is 1.97. The van der Waals surface area contributed by atoms with Crippen LogP contribution in [0.3, 0.4) is 0 Å². The average molecular weight is 372 g/mol. The number of hydrogen-bond donors (Lipinski definition) is 1. The van der Waals surface area contributed by atoms with Crippen molar-refractivity contribution in [2.75, 3.05) is 27.8 Å². The molecule has 27 heavy (non-hydrogen) atoms. The van der Waals surface area contributed by atoms with E-state index in [-0.39, 0.29) is 12.1 Å². The van der Waals surface area contributed by atoms with E-state index in [0.717, 1.165) is 22.8 Å². The molecule has 0 saturated heterocycles. The lowest BCUT2D eigenvalue weighted by molar-refractivity contribution is 0.193. The molecule has 7 heteroatoms. The van der Waals surface area contributed by atoms with Gasteiger partial charge in [-0.3, -0.25) is 0 Å². The van der Waals surface area contributed by atoms with Gasteiger partial charge in [0.25, 0.3) is 0 Å². The molecule has 0 unspecified atom stereocenters. The van der Waals surface area contributed by atoms with Crippen LogP contribution < -0.4 is 14.8 Å². The van der Waals surface area contributed by atoms with Crippen LogP contribution in [0.15, 0.2) is 24.3 Å². The minimum atomic E-state index is -0.164. The average Bonchev–Trinajstić information content (AvgIpc) is 2.65. The van der Waals surface area contributed by atoms with Gasteiger partial charge in [-0.1, -0.05) is 0 Å². The highest BCUT2D eigenvalue weighted by Crippen LogP contribution is 2.31. The molecule has 1 aromatic heterocycles. The topological polar surface area (TPSA) is 76.6 Å². The van der Waals surface area contributed by atoms with Crippen molar-refractivity contribution in [1.29, 1.82) is 0 Å². The number of nitrogens with zero attached hydrogens (tertiary/aromatic N) is 3. The number of carbonyl (C=O) groups excluding carboxylic acids is 1. The number of ether oxygens (including phenoxy) is 2. The molecular weight excluding hydrogens is 344 g/mol. The Hall–Kier alpha value is -2.83. The number of aryl methyl sites for hydroxylation is 2. The molecule has 0 spiro atoms.